The molecule has 0 aliphatic rings. The number of carbonyl (C=O) groups excluding carboxylic acids is 2. The Labute approximate surface area is 154 Å². The monoisotopic (exact) mass is 374 g/mol. The van der Waals surface area contributed by atoms with E-state index < -0.39 is 11.9 Å². The van der Waals surface area contributed by atoms with E-state index in [1.165, 1.54) is 10.9 Å². The van der Waals surface area contributed by atoms with E-state index in [0.29, 0.717) is 16.8 Å². The van der Waals surface area contributed by atoms with Gasteiger partial charge in [-0.1, -0.05) is 0 Å². The fourth-order valence-corrected chi connectivity index (χ4v) is 3.30. The minimum atomic E-state index is -0.540. The molecule has 0 radical (unpaired) electrons. The number of nitriles is 1. The summed E-state index contributed by atoms with van der Waals surface area (Å²) in [7, 11) is 0. The third-order valence-electron chi connectivity index (χ3n) is 3.80. The van der Waals surface area contributed by atoms with Gasteiger partial charge in [0.2, 0.25) is 5.91 Å². The van der Waals surface area contributed by atoms with Crippen LogP contribution in [0.4, 0.5) is 5.00 Å². The average Bonchev–Trinajstić information content (AvgIpc) is 2.91. The molecule has 0 bridgehead atoms. The number of aryl methyl sites for hydroxylation is 1. The van der Waals surface area contributed by atoms with E-state index in [4.69, 9.17) is 4.74 Å². The fourth-order valence-electron chi connectivity index (χ4n) is 2.24. The molecule has 0 aliphatic heterocycles. The molecule has 0 fully saturated rings. The number of nitrogens with zero attached hydrogens (tertiary/aromatic N) is 3. The van der Waals surface area contributed by atoms with Gasteiger partial charge in [0.15, 0.2) is 0 Å². The molecular weight excluding hydrogens is 356 g/mol. The van der Waals surface area contributed by atoms with Crippen molar-refractivity contribution in [3.8, 4) is 6.07 Å². The van der Waals surface area contributed by atoms with Crippen LogP contribution in [-0.4, -0.2) is 28.0 Å². The topological polar surface area (TPSA) is 114 Å². The van der Waals surface area contributed by atoms with Crippen LogP contribution in [0.5, 0.6) is 0 Å². The fraction of sp³-hybridized carbons (Fsp3) is 0.353. The van der Waals surface area contributed by atoms with Crippen LogP contribution < -0.4 is 10.9 Å². The van der Waals surface area contributed by atoms with Gasteiger partial charge in [-0.2, -0.15) is 5.26 Å². The lowest BCUT2D eigenvalue weighted by atomic mass is 10.2. The third kappa shape index (κ3) is 3.81. The summed E-state index contributed by atoms with van der Waals surface area (Å²) in [5.41, 5.74) is 1.43. The first-order chi connectivity index (χ1) is 12.3. The SMILES string of the molecule is CCOC(=O)c1sc(NC(=O)Cn2cnc(C)c(C)c2=O)c(C#N)c1C. The maximum absolute atomic E-state index is 12.3. The lowest BCUT2D eigenvalue weighted by Gasteiger charge is -2.08. The second-order valence-electron chi connectivity index (χ2n) is 5.53. The Bertz CT molecular complexity index is 968. The molecule has 26 heavy (non-hydrogen) atoms. The molecule has 0 saturated carbocycles. The average molecular weight is 374 g/mol. The molecule has 0 spiro atoms. The van der Waals surface area contributed by atoms with Crippen molar-refractivity contribution in [3.05, 3.63) is 43.9 Å². The summed E-state index contributed by atoms with van der Waals surface area (Å²) in [6, 6.07) is 1.99. The highest BCUT2D eigenvalue weighted by atomic mass is 32.1. The smallest absolute Gasteiger partial charge is 0.348 e. The van der Waals surface area contributed by atoms with Crippen LogP contribution in [0, 0.1) is 32.1 Å². The van der Waals surface area contributed by atoms with Crippen molar-refractivity contribution in [2.45, 2.75) is 34.2 Å². The molecule has 2 rings (SSSR count). The van der Waals surface area contributed by atoms with Gasteiger partial charge >= 0.3 is 5.97 Å². The van der Waals surface area contributed by atoms with Crippen molar-refractivity contribution in [3.63, 3.8) is 0 Å². The number of esters is 1. The van der Waals surface area contributed by atoms with Crippen LogP contribution in [0.3, 0.4) is 0 Å². The molecule has 0 unspecified atom stereocenters. The first-order valence-corrected chi connectivity index (χ1v) is 8.64. The summed E-state index contributed by atoms with van der Waals surface area (Å²) in [5.74, 6) is -1.04. The van der Waals surface area contributed by atoms with Gasteiger partial charge in [-0.15, -0.1) is 11.3 Å². The molecule has 2 aromatic rings. The summed E-state index contributed by atoms with van der Waals surface area (Å²) in [4.78, 5) is 40.7. The number of ether oxygens (including phenoxy) is 1. The van der Waals surface area contributed by atoms with Crippen molar-refractivity contribution in [2.75, 3.05) is 11.9 Å². The van der Waals surface area contributed by atoms with Gasteiger partial charge in [0, 0.05) is 11.3 Å². The highest BCUT2D eigenvalue weighted by molar-refractivity contribution is 7.18. The number of carbonyl (C=O) groups is 2. The van der Waals surface area contributed by atoms with Crippen LogP contribution in [0.15, 0.2) is 11.1 Å². The van der Waals surface area contributed by atoms with Gasteiger partial charge in [-0.05, 0) is 33.3 Å². The molecule has 1 amide bonds. The molecule has 2 heterocycles. The van der Waals surface area contributed by atoms with Crippen molar-refractivity contribution in [1.29, 1.82) is 5.26 Å². The van der Waals surface area contributed by atoms with Crippen molar-refractivity contribution in [1.82, 2.24) is 9.55 Å². The van der Waals surface area contributed by atoms with Crippen molar-refractivity contribution in [2.24, 2.45) is 0 Å². The quantitative estimate of drug-likeness (QED) is 0.800. The maximum atomic E-state index is 12.3. The number of rotatable bonds is 5. The molecule has 2 aromatic heterocycles. The van der Waals surface area contributed by atoms with E-state index in [1.54, 1.807) is 27.7 Å². The zero-order valence-electron chi connectivity index (χ0n) is 14.9. The molecule has 9 heteroatoms. The summed E-state index contributed by atoms with van der Waals surface area (Å²) in [5, 5.41) is 12.2. The Morgan fingerprint density at radius 1 is 1.35 bits per heavy atom. The standard InChI is InChI=1S/C17H18N4O4S/c1-5-25-17(24)14-10(3)12(6-18)15(26-14)20-13(22)7-21-8-19-11(4)9(2)16(21)23/h8H,5,7H2,1-4H3,(H,20,22). The van der Waals surface area contributed by atoms with Crippen LogP contribution in [-0.2, 0) is 16.1 Å². The van der Waals surface area contributed by atoms with Gasteiger partial charge in [-0.25, -0.2) is 9.78 Å². The second-order valence-corrected chi connectivity index (χ2v) is 6.55. The number of amides is 1. The second kappa shape index (κ2) is 7.93. The summed E-state index contributed by atoms with van der Waals surface area (Å²) in [6.07, 6.45) is 1.30. The number of hydrogen-bond acceptors (Lipinski definition) is 7. The van der Waals surface area contributed by atoms with Gasteiger partial charge in [0.1, 0.15) is 22.5 Å². The Morgan fingerprint density at radius 2 is 2.04 bits per heavy atom. The van der Waals surface area contributed by atoms with Gasteiger partial charge < -0.3 is 10.1 Å². The van der Waals surface area contributed by atoms with Crippen molar-refractivity contribution < 1.29 is 14.3 Å². The number of nitrogens with one attached hydrogen (secondary N) is 1. The predicted molar refractivity (Wildman–Crippen MR) is 96.3 cm³/mol. The van der Waals surface area contributed by atoms with E-state index >= 15 is 0 Å². The Kier molecular flexibility index (Phi) is 5.90. The highest BCUT2D eigenvalue weighted by Gasteiger charge is 2.22. The molecule has 0 saturated heterocycles. The molecular formula is C17H18N4O4S. The van der Waals surface area contributed by atoms with E-state index in [1.807, 2.05) is 6.07 Å². The Morgan fingerprint density at radius 3 is 2.65 bits per heavy atom. The van der Waals surface area contributed by atoms with Gasteiger partial charge in [0.05, 0.1) is 18.5 Å². The zero-order chi connectivity index (χ0) is 19.4. The van der Waals surface area contributed by atoms with Crippen LogP contribution in [0.1, 0.15) is 39.0 Å². The molecule has 136 valence electrons. The molecule has 0 aromatic carbocycles. The number of anilines is 1. The normalized spacial score (nSPS) is 10.3. The third-order valence-corrected chi connectivity index (χ3v) is 4.99. The largest absolute Gasteiger partial charge is 0.462 e. The van der Waals surface area contributed by atoms with Crippen molar-refractivity contribution >= 4 is 28.2 Å². The van der Waals surface area contributed by atoms with Crippen LogP contribution in [0.25, 0.3) is 0 Å². The first kappa shape index (κ1) is 19.3. The minimum Gasteiger partial charge on any atom is -0.462 e. The van der Waals surface area contributed by atoms with Crippen LogP contribution >= 0.6 is 11.3 Å². The zero-order valence-corrected chi connectivity index (χ0v) is 15.7. The van der Waals surface area contributed by atoms with E-state index in [0.717, 1.165) is 11.3 Å². The van der Waals surface area contributed by atoms with Gasteiger partial charge in [-0.3, -0.25) is 14.2 Å². The molecule has 0 atom stereocenters. The summed E-state index contributed by atoms with van der Waals surface area (Å²) in [6.45, 7) is 6.62. The number of thiophene rings is 1. The molecule has 8 nitrogen and oxygen atoms in total. The van der Waals surface area contributed by atoms with E-state index in [9.17, 15) is 19.6 Å². The van der Waals surface area contributed by atoms with E-state index in [-0.39, 0.29) is 34.2 Å². The number of hydrogen-bond donors (Lipinski definition) is 1. The Hall–Kier alpha value is -2.99. The summed E-state index contributed by atoms with van der Waals surface area (Å²) >= 11 is 0.975. The Balaban J connectivity index is 2.26. The minimum absolute atomic E-state index is 0.206. The molecule has 1 N–H and O–H groups in total. The summed E-state index contributed by atoms with van der Waals surface area (Å²) < 4.78 is 6.15. The van der Waals surface area contributed by atoms with Crippen LogP contribution in [0.2, 0.25) is 0 Å². The van der Waals surface area contributed by atoms with Gasteiger partial charge in [0.25, 0.3) is 5.56 Å². The first-order valence-electron chi connectivity index (χ1n) is 7.83. The lowest BCUT2D eigenvalue weighted by molar-refractivity contribution is -0.116. The van der Waals surface area contributed by atoms with E-state index in [2.05, 4.69) is 10.3 Å². The highest BCUT2D eigenvalue weighted by Crippen LogP contribution is 2.33. The molecule has 0 aliphatic carbocycles. The predicted octanol–water partition coefficient (Wildman–Crippen LogP) is 1.92. The number of aromatic nitrogens is 2. The maximum Gasteiger partial charge on any atom is 0.348 e. The lowest BCUT2D eigenvalue weighted by Crippen LogP contribution is -2.29.